The molecule has 2 aliphatic rings. The van der Waals surface area contributed by atoms with E-state index in [1.165, 1.54) is 32.1 Å². The largest absolute Gasteiger partial charge is 0.353 e. The SMILES string of the molecule is CCC(CC1CC1)NC(=O)C1CCCCC1CN. The average molecular weight is 252 g/mol. The minimum absolute atomic E-state index is 0.178. The highest BCUT2D eigenvalue weighted by molar-refractivity contribution is 5.79. The number of carbonyl (C=O) groups is 1. The Balaban J connectivity index is 1.83. The van der Waals surface area contributed by atoms with Crippen LogP contribution in [0.5, 0.6) is 0 Å². The zero-order chi connectivity index (χ0) is 13.0. The van der Waals surface area contributed by atoms with E-state index in [0.717, 1.165) is 25.2 Å². The van der Waals surface area contributed by atoms with E-state index in [4.69, 9.17) is 5.73 Å². The van der Waals surface area contributed by atoms with Crippen molar-refractivity contribution in [1.82, 2.24) is 5.32 Å². The summed E-state index contributed by atoms with van der Waals surface area (Å²) in [6.07, 6.45) is 9.56. The maximum absolute atomic E-state index is 12.4. The van der Waals surface area contributed by atoms with Crippen molar-refractivity contribution >= 4 is 5.91 Å². The van der Waals surface area contributed by atoms with Crippen molar-refractivity contribution in [3.05, 3.63) is 0 Å². The molecule has 18 heavy (non-hydrogen) atoms. The fourth-order valence-electron chi connectivity index (χ4n) is 3.23. The Bertz CT molecular complexity index is 276. The minimum Gasteiger partial charge on any atom is -0.353 e. The summed E-state index contributed by atoms with van der Waals surface area (Å²) in [7, 11) is 0. The van der Waals surface area contributed by atoms with Crippen molar-refractivity contribution < 1.29 is 4.79 Å². The Kier molecular flexibility index (Phi) is 5.04. The van der Waals surface area contributed by atoms with Gasteiger partial charge < -0.3 is 11.1 Å². The molecule has 0 aromatic heterocycles. The van der Waals surface area contributed by atoms with Gasteiger partial charge in [-0.1, -0.05) is 32.6 Å². The zero-order valence-corrected chi connectivity index (χ0v) is 11.7. The molecule has 3 nitrogen and oxygen atoms in total. The number of nitrogens with one attached hydrogen (secondary N) is 1. The van der Waals surface area contributed by atoms with Crippen molar-refractivity contribution in [3.63, 3.8) is 0 Å². The van der Waals surface area contributed by atoms with Gasteiger partial charge in [0.15, 0.2) is 0 Å². The van der Waals surface area contributed by atoms with Crippen molar-refractivity contribution in [1.29, 1.82) is 0 Å². The minimum atomic E-state index is 0.178. The van der Waals surface area contributed by atoms with Crippen LogP contribution in [0.4, 0.5) is 0 Å². The summed E-state index contributed by atoms with van der Waals surface area (Å²) in [5.41, 5.74) is 5.81. The molecule has 2 rings (SSSR count). The predicted molar refractivity (Wildman–Crippen MR) is 74.1 cm³/mol. The lowest BCUT2D eigenvalue weighted by atomic mass is 9.78. The second-order valence-corrected chi connectivity index (χ2v) is 6.18. The molecule has 3 atom stereocenters. The molecule has 3 unspecified atom stereocenters. The fourth-order valence-corrected chi connectivity index (χ4v) is 3.23. The van der Waals surface area contributed by atoms with E-state index in [9.17, 15) is 4.79 Å². The lowest BCUT2D eigenvalue weighted by Gasteiger charge is -2.31. The second kappa shape index (κ2) is 6.55. The number of hydrogen-bond donors (Lipinski definition) is 2. The number of amides is 1. The van der Waals surface area contributed by atoms with Crippen LogP contribution in [-0.4, -0.2) is 18.5 Å². The molecule has 0 radical (unpaired) electrons. The van der Waals surface area contributed by atoms with Gasteiger partial charge in [0.25, 0.3) is 0 Å². The van der Waals surface area contributed by atoms with E-state index >= 15 is 0 Å². The fraction of sp³-hybridized carbons (Fsp3) is 0.933. The first-order valence-corrected chi connectivity index (χ1v) is 7.75. The molecule has 0 heterocycles. The molecule has 2 aliphatic carbocycles. The standard InChI is InChI=1S/C15H28N2O/c1-2-13(9-11-7-8-11)17-15(18)14-6-4-3-5-12(14)10-16/h11-14H,2-10,16H2,1H3,(H,17,18). The van der Waals surface area contributed by atoms with Gasteiger partial charge in [0, 0.05) is 12.0 Å². The summed E-state index contributed by atoms with van der Waals surface area (Å²) in [6.45, 7) is 2.84. The van der Waals surface area contributed by atoms with Crippen LogP contribution in [-0.2, 0) is 4.79 Å². The second-order valence-electron chi connectivity index (χ2n) is 6.18. The molecule has 3 N–H and O–H groups in total. The smallest absolute Gasteiger partial charge is 0.223 e. The van der Waals surface area contributed by atoms with Crippen LogP contribution in [0.2, 0.25) is 0 Å². The quantitative estimate of drug-likeness (QED) is 0.763. The normalized spacial score (nSPS) is 29.9. The molecule has 0 aliphatic heterocycles. The third-order valence-corrected chi connectivity index (χ3v) is 4.70. The van der Waals surface area contributed by atoms with Crippen molar-refractivity contribution in [2.45, 2.75) is 64.3 Å². The Labute approximate surface area is 111 Å². The van der Waals surface area contributed by atoms with Gasteiger partial charge in [-0.25, -0.2) is 0 Å². The molecule has 0 saturated heterocycles. The highest BCUT2D eigenvalue weighted by atomic mass is 16.2. The third-order valence-electron chi connectivity index (χ3n) is 4.70. The zero-order valence-electron chi connectivity index (χ0n) is 11.7. The highest BCUT2D eigenvalue weighted by Gasteiger charge is 2.32. The molecule has 104 valence electrons. The Morgan fingerprint density at radius 2 is 2.00 bits per heavy atom. The van der Waals surface area contributed by atoms with Crippen LogP contribution >= 0.6 is 0 Å². The van der Waals surface area contributed by atoms with Crippen molar-refractivity contribution in [2.24, 2.45) is 23.5 Å². The average Bonchev–Trinajstić information content (AvgIpc) is 3.21. The molecule has 0 bridgehead atoms. The summed E-state index contributed by atoms with van der Waals surface area (Å²) in [4.78, 5) is 12.4. The van der Waals surface area contributed by atoms with E-state index in [-0.39, 0.29) is 11.8 Å². The number of carbonyl (C=O) groups excluding carboxylic acids is 1. The topological polar surface area (TPSA) is 55.1 Å². The van der Waals surface area contributed by atoms with Gasteiger partial charge in [-0.3, -0.25) is 4.79 Å². The lowest BCUT2D eigenvalue weighted by molar-refractivity contribution is -0.128. The van der Waals surface area contributed by atoms with E-state index in [2.05, 4.69) is 12.2 Å². The van der Waals surface area contributed by atoms with Crippen LogP contribution in [0.15, 0.2) is 0 Å². The first-order chi connectivity index (χ1) is 8.74. The number of rotatable bonds is 6. The first kappa shape index (κ1) is 13.9. The molecular formula is C15H28N2O. The first-order valence-electron chi connectivity index (χ1n) is 7.75. The summed E-state index contributed by atoms with van der Waals surface area (Å²) in [5, 5.41) is 3.28. The molecule has 2 saturated carbocycles. The van der Waals surface area contributed by atoms with Crippen LogP contribution in [0.3, 0.4) is 0 Å². The Morgan fingerprint density at radius 3 is 2.61 bits per heavy atom. The molecule has 0 aromatic carbocycles. The summed E-state index contributed by atoms with van der Waals surface area (Å²) >= 11 is 0. The summed E-state index contributed by atoms with van der Waals surface area (Å²) in [5.74, 6) is 1.75. The predicted octanol–water partition coefficient (Wildman–Crippen LogP) is 2.45. The molecule has 0 spiro atoms. The van der Waals surface area contributed by atoms with Gasteiger partial charge in [0.1, 0.15) is 0 Å². The number of nitrogens with two attached hydrogens (primary N) is 1. The maximum Gasteiger partial charge on any atom is 0.223 e. The molecule has 3 heteroatoms. The van der Waals surface area contributed by atoms with Crippen LogP contribution in [0.1, 0.15) is 58.3 Å². The van der Waals surface area contributed by atoms with E-state index in [1.54, 1.807) is 0 Å². The van der Waals surface area contributed by atoms with Gasteiger partial charge in [-0.15, -0.1) is 0 Å². The highest BCUT2D eigenvalue weighted by Crippen LogP contribution is 2.34. The van der Waals surface area contributed by atoms with Crippen LogP contribution < -0.4 is 11.1 Å². The third kappa shape index (κ3) is 3.71. The van der Waals surface area contributed by atoms with E-state index < -0.39 is 0 Å². The molecule has 2 fully saturated rings. The van der Waals surface area contributed by atoms with E-state index in [0.29, 0.717) is 18.5 Å². The number of hydrogen-bond acceptors (Lipinski definition) is 2. The van der Waals surface area contributed by atoms with Gasteiger partial charge >= 0.3 is 0 Å². The monoisotopic (exact) mass is 252 g/mol. The van der Waals surface area contributed by atoms with Crippen LogP contribution in [0, 0.1) is 17.8 Å². The maximum atomic E-state index is 12.4. The van der Waals surface area contributed by atoms with Crippen molar-refractivity contribution in [3.8, 4) is 0 Å². The van der Waals surface area contributed by atoms with Gasteiger partial charge in [-0.05, 0) is 44.1 Å². The van der Waals surface area contributed by atoms with Crippen molar-refractivity contribution in [2.75, 3.05) is 6.54 Å². The Morgan fingerprint density at radius 1 is 1.28 bits per heavy atom. The van der Waals surface area contributed by atoms with Gasteiger partial charge in [-0.2, -0.15) is 0 Å². The molecule has 0 aromatic rings. The van der Waals surface area contributed by atoms with E-state index in [1.807, 2.05) is 0 Å². The van der Waals surface area contributed by atoms with Gasteiger partial charge in [0.05, 0.1) is 0 Å². The summed E-state index contributed by atoms with van der Waals surface area (Å²) in [6, 6.07) is 0.394. The molecule has 1 amide bonds. The summed E-state index contributed by atoms with van der Waals surface area (Å²) < 4.78 is 0. The van der Waals surface area contributed by atoms with Crippen LogP contribution in [0.25, 0.3) is 0 Å². The van der Waals surface area contributed by atoms with Gasteiger partial charge in [0.2, 0.25) is 5.91 Å². The molecular weight excluding hydrogens is 224 g/mol. The lowest BCUT2D eigenvalue weighted by Crippen LogP contribution is -2.43. The Hall–Kier alpha value is -0.570.